The molecule has 0 amide bonds. The molecule has 23 nitrogen and oxygen atoms in total. The van der Waals surface area contributed by atoms with Crippen molar-refractivity contribution in [2.45, 2.75) is 328 Å². The van der Waals surface area contributed by atoms with Gasteiger partial charge in [-0.1, -0.05) is 238 Å². The smallest absolute Gasteiger partial charge is 0.297 e. The van der Waals surface area contributed by atoms with Gasteiger partial charge in [-0.15, -0.1) is 23.0 Å². The molecular formula is C92H162I4O23S6Si4. The normalized spacial score (nSPS) is 14.7. The van der Waals surface area contributed by atoms with E-state index < -0.39 is 79.8 Å². The van der Waals surface area contributed by atoms with Crippen LogP contribution in [0, 0.1) is 57.3 Å². The van der Waals surface area contributed by atoms with E-state index in [1.165, 1.54) is 18.4 Å². The Morgan fingerprint density at radius 2 is 0.636 bits per heavy atom. The molecule has 1 N–H and O–H groups in total. The van der Waals surface area contributed by atoms with Gasteiger partial charge in [0, 0.05) is 82.7 Å². The summed E-state index contributed by atoms with van der Waals surface area (Å²) >= 11 is 8.65. The van der Waals surface area contributed by atoms with Crippen molar-refractivity contribution < 1.29 is 102 Å². The van der Waals surface area contributed by atoms with Crippen LogP contribution in [-0.4, -0.2) is 166 Å². The first-order valence-corrected chi connectivity index (χ1v) is 70.2. The van der Waals surface area contributed by atoms with E-state index >= 15 is 0 Å². The average molecular weight is 2450 g/mol. The topological polar surface area (TPSA) is 310 Å². The Balaban J connectivity index is -0.000000493. The van der Waals surface area contributed by atoms with E-state index in [0.717, 1.165) is 39.5 Å². The monoisotopic (exact) mass is 2450 g/mol. The summed E-state index contributed by atoms with van der Waals surface area (Å²) in [5.41, 5.74) is 3.95. The van der Waals surface area contributed by atoms with Crippen LogP contribution in [0.5, 0.6) is 0 Å². The SMILES string of the molecule is C.C.C=CC[C@H](O)[C@@H](C)COS(=O)(=O)c1ccc(C)cc1.C=CC[C@H](O[Si](C)(C)C(C)(C)C)[C@@H](C)COS(=O)(=O)c1ccc(C)cc1.C[C@@H](CI)[C@H](CCCOC=O)O[Si](C)(C)C(C)(C)C.Cc1ccc(S(=O)(=O)OC[C@H](C)[C@H](C/C=C/OC=O)O[Si](C)(C)C(C)(C)C)cc1.Cc1ccc(S(=O)(=O)OC[C@H](C)[C@H](CCCOC=O)O[Si](C)(C)C(C)(C)C)cc1.ISI.SI. The number of rotatable bonds is 48. The number of aliphatic hydroxyl groups excluding tert-OH is 1. The molecule has 0 unspecified atom stereocenters. The lowest BCUT2D eigenvalue weighted by Crippen LogP contribution is -2.46. The van der Waals surface area contributed by atoms with Crippen LogP contribution in [0.3, 0.4) is 0 Å². The first kappa shape index (κ1) is 136. The molecule has 0 heterocycles. The Morgan fingerprint density at radius 3 is 0.868 bits per heavy atom. The van der Waals surface area contributed by atoms with E-state index in [9.17, 15) is 53.2 Å². The second-order valence-corrected chi connectivity index (χ2v) is 71.8. The van der Waals surface area contributed by atoms with E-state index in [4.69, 9.17) is 43.9 Å². The van der Waals surface area contributed by atoms with Crippen molar-refractivity contribution in [3.8, 4) is 0 Å². The Labute approximate surface area is 846 Å². The largest absolute Gasteiger partial charge is 0.468 e. The molecule has 0 aliphatic rings. The highest BCUT2D eigenvalue weighted by atomic mass is 127. The van der Waals surface area contributed by atoms with Gasteiger partial charge < -0.3 is 37.0 Å². The molecule has 0 aromatic heterocycles. The quantitative estimate of drug-likeness (QED) is 0.00396. The molecule has 0 saturated heterocycles. The van der Waals surface area contributed by atoms with E-state index in [2.05, 4.69) is 235 Å². The Hall–Kier alpha value is -1.56. The molecule has 4 rings (SSSR count). The van der Waals surface area contributed by atoms with Crippen molar-refractivity contribution >= 4 is 195 Å². The van der Waals surface area contributed by atoms with Gasteiger partial charge >= 0.3 is 0 Å². The van der Waals surface area contributed by atoms with Crippen molar-refractivity contribution in [2.75, 3.05) is 44.1 Å². The van der Waals surface area contributed by atoms with Crippen LogP contribution < -0.4 is 0 Å². The molecule has 0 saturated carbocycles. The molecule has 0 spiro atoms. The maximum atomic E-state index is 12.5. The van der Waals surface area contributed by atoms with Crippen LogP contribution in [0.1, 0.15) is 200 Å². The fourth-order valence-corrected chi connectivity index (χ4v) is 20.4. The van der Waals surface area contributed by atoms with Gasteiger partial charge in [-0.2, -0.15) is 33.7 Å². The van der Waals surface area contributed by atoms with Gasteiger partial charge in [0.2, 0.25) is 0 Å². The van der Waals surface area contributed by atoms with Gasteiger partial charge in [0.1, 0.15) is 0 Å². The lowest BCUT2D eigenvalue weighted by Gasteiger charge is -2.41. The first-order chi connectivity index (χ1) is 58.3. The highest BCUT2D eigenvalue weighted by molar-refractivity contribution is 14.3. The number of aryl methyl sites for hydroxylation is 4. The summed E-state index contributed by atoms with van der Waals surface area (Å²) in [6.07, 6.45) is 11.9. The first-order valence-electron chi connectivity index (χ1n) is 42.3. The van der Waals surface area contributed by atoms with E-state index in [0.29, 0.717) is 70.7 Å². The third-order valence-corrected chi connectivity index (χ3v) is 47.3. The number of carbonyl (C=O) groups excluding carboxylic acids is 3. The molecule has 10 atom stereocenters. The minimum absolute atomic E-state index is 0. The molecule has 0 aliphatic heterocycles. The summed E-state index contributed by atoms with van der Waals surface area (Å²) in [5, 5.41) is 10.0. The van der Waals surface area contributed by atoms with Crippen LogP contribution in [0.2, 0.25) is 72.5 Å². The third kappa shape index (κ3) is 55.1. The van der Waals surface area contributed by atoms with Crippen LogP contribution in [-0.2, 0) is 104 Å². The lowest BCUT2D eigenvalue weighted by atomic mass is 10.0. The second kappa shape index (κ2) is 66.1. The number of halogens is 4. The fourth-order valence-electron chi connectivity index (χ4n) is 10.0. The predicted octanol–water partition coefficient (Wildman–Crippen LogP) is 26.4. The van der Waals surface area contributed by atoms with Crippen LogP contribution >= 0.6 is 102 Å². The summed E-state index contributed by atoms with van der Waals surface area (Å²) in [6, 6.07) is 26.3. The predicted molar refractivity (Wildman–Crippen MR) is 581 cm³/mol. The van der Waals surface area contributed by atoms with Gasteiger partial charge in [-0.3, -0.25) is 31.1 Å². The maximum absolute atomic E-state index is 12.5. The zero-order valence-corrected chi connectivity index (χ0v) is 98.4. The van der Waals surface area contributed by atoms with Gasteiger partial charge in [0.05, 0.1) is 83.8 Å². The second-order valence-electron chi connectivity index (χ2n) is 37.6. The van der Waals surface area contributed by atoms with Crippen molar-refractivity contribution in [2.24, 2.45) is 29.6 Å². The molecule has 4 aromatic carbocycles. The Morgan fingerprint density at radius 1 is 0.403 bits per heavy atom. The standard InChI is InChI=1S/C21H36O6SSi.C21H34O6SSi.C20H34O4SSi.C14H29IO3Si.C14H20O4S.2CH4.I2S.HIS/c2*1-17-10-12-19(13-11-17)28(23,24)26-15-18(2)20(9-8-14-25-16-22)27-29(6,7)21(3,4)5;1-9-10-19(24-26(7,8)20(4,5)6)17(3)15-23-25(21,22)18-13-11-16(2)12-14-18;1-12(10-15)13(8-7-9-17-11-16)18-19(5,6)14(2,3)4;1-4-5-14(15)12(3)10-18-19(16,17)13-8-6-11(2)7-9-13;;;1-3-2;1-2/h10-13,16,18,20H,8-9,14-15H2,1-7H3;8,10-14,16,18,20H,9,15H2,1-7H3;9,11-14,17,19H,1,10,15H2,2-8H3;11-13H,7-10H2,1-6H3;4,6-9,12,14-15H,1,5,10H2,2-3H3;2*1H4;;2H/b;14-8+;;;;;;;/t2*18-,20-;17-,19-;12-,13-;12-,14-;;;;/m00000..../s1. The summed E-state index contributed by atoms with van der Waals surface area (Å²) in [7, 11) is -19.5. The minimum Gasteiger partial charge on any atom is -0.468 e. The lowest BCUT2D eigenvalue weighted by molar-refractivity contribution is -0.129. The zero-order chi connectivity index (χ0) is 99.0. The summed E-state index contributed by atoms with van der Waals surface area (Å²) in [6.45, 7) is 70.7. The third-order valence-electron chi connectivity index (χ3n) is 22.7. The number of benzene rings is 4. The molecule has 748 valence electrons. The van der Waals surface area contributed by atoms with Gasteiger partial charge in [0.15, 0.2) is 33.3 Å². The number of hydrogen-bond acceptors (Lipinski definition) is 25. The van der Waals surface area contributed by atoms with E-state index in [-0.39, 0.29) is 129 Å². The van der Waals surface area contributed by atoms with E-state index in [1.807, 2.05) is 75.7 Å². The number of hydrogen-bond donors (Lipinski definition) is 2. The van der Waals surface area contributed by atoms with Crippen LogP contribution in [0.15, 0.2) is 154 Å². The number of ether oxygens (including phenoxy) is 3. The summed E-state index contributed by atoms with van der Waals surface area (Å²) in [4.78, 5) is 31.5. The van der Waals surface area contributed by atoms with E-state index in [1.54, 1.807) is 110 Å². The number of aliphatic hydroxyl groups is 1. The molecule has 4 aromatic rings. The van der Waals surface area contributed by atoms with Crippen LogP contribution in [0.4, 0.5) is 0 Å². The average Bonchev–Trinajstić information content (AvgIpc) is 0.822. The molecule has 0 aliphatic carbocycles. The van der Waals surface area contributed by atoms with Crippen molar-refractivity contribution in [3.63, 3.8) is 0 Å². The van der Waals surface area contributed by atoms with Gasteiger partial charge in [-0.05, 0) is 233 Å². The zero-order valence-electron chi connectivity index (χ0n) is 80.8. The highest BCUT2D eigenvalue weighted by Gasteiger charge is 2.44. The van der Waals surface area contributed by atoms with Crippen molar-refractivity contribution in [3.05, 3.63) is 157 Å². The van der Waals surface area contributed by atoms with Gasteiger partial charge in [-0.25, -0.2) is 0 Å². The number of alkyl halides is 1. The molecule has 129 heavy (non-hydrogen) atoms. The maximum Gasteiger partial charge on any atom is 0.297 e. The molecule has 0 radical (unpaired) electrons. The molecule has 37 heteroatoms. The number of thiol groups is 1. The highest BCUT2D eigenvalue weighted by Crippen LogP contribution is 2.43. The fraction of sp³-hybridized carbons (Fsp3) is 0.641. The van der Waals surface area contributed by atoms with Crippen molar-refractivity contribution in [1.82, 2.24) is 0 Å². The Bertz CT molecular complexity index is 4240. The molecular weight excluding hydrogens is 2290 g/mol. The summed E-state index contributed by atoms with van der Waals surface area (Å²) in [5.74, 6) is -0.141. The summed E-state index contributed by atoms with van der Waals surface area (Å²) < 4.78 is 161. The Kier molecular flexibility index (Phi) is 69.7. The minimum atomic E-state index is -3.84. The van der Waals surface area contributed by atoms with Crippen LogP contribution in [0.25, 0.3) is 0 Å². The van der Waals surface area contributed by atoms with Gasteiger partial charge in [0.25, 0.3) is 59.9 Å². The number of carbonyl (C=O) groups is 3. The molecule has 0 bridgehead atoms. The van der Waals surface area contributed by atoms with Crippen molar-refractivity contribution in [1.29, 1.82) is 0 Å². The molecule has 0 fully saturated rings.